The van der Waals surface area contributed by atoms with Gasteiger partial charge in [0, 0.05) is 32.0 Å². The minimum absolute atomic E-state index is 0.873. The summed E-state index contributed by atoms with van der Waals surface area (Å²) in [5, 5.41) is 7.75. The number of hydrogen-bond donors (Lipinski definition) is 1. The molecule has 1 aromatic heterocycles. The first kappa shape index (κ1) is 12.1. The molecule has 20 heavy (non-hydrogen) atoms. The summed E-state index contributed by atoms with van der Waals surface area (Å²) in [4.78, 5) is 2.60. The molecule has 4 nitrogen and oxygen atoms in total. The first-order valence-corrected chi connectivity index (χ1v) is 7.40. The molecule has 104 valence electrons. The van der Waals surface area contributed by atoms with Crippen LogP contribution in [0.1, 0.15) is 5.56 Å². The molecule has 2 aromatic rings. The van der Waals surface area contributed by atoms with Gasteiger partial charge in [0.2, 0.25) is 0 Å². The molecule has 2 fully saturated rings. The van der Waals surface area contributed by atoms with Gasteiger partial charge in [0.05, 0.1) is 5.69 Å². The number of fused-ring (bicyclic) bond motifs is 1. The number of likely N-dealkylation sites (tertiary alicyclic amines) is 1. The van der Waals surface area contributed by atoms with Crippen LogP contribution in [0.25, 0.3) is 5.69 Å². The number of nitrogens with zero attached hydrogens (tertiary/aromatic N) is 3. The maximum absolute atomic E-state index is 4.26. The Morgan fingerprint density at radius 2 is 1.85 bits per heavy atom. The Labute approximate surface area is 119 Å². The summed E-state index contributed by atoms with van der Waals surface area (Å²) in [5.41, 5.74) is 2.52. The Kier molecular flexibility index (Phi) is 3.05. The lowest BCUT2D eigenvalue weighted by atomic mass is 10.0. The van der Waals surface area contributed by atoms with Crippen molar-refractivity contribution in [3.8, 4) is 5.69 Å². The summed E-state index contributed by atoms with van der Waals surface area (Å²) in [5.74, 6) is 1.75. The molecule has 1 aromatic carbocycles. The largest absolute Gasteiger partial charge is 0.316 e. The van der Waals surface area contributed by atoms with Crippen LogP contribution in [0.15, 0.2) is 42.7 Å². The van der Waals surface area contributed by atoms with Crippen molar-refractivity contribution in [2.75, 3.05) is 26.2 Å². The third kappa shape index (κ3) is 2.25. The van der Waals surface area contributed by atoms with Crippen molar-refractivity contribution < 1.29 is 0 Å². The van der Waals surface area contributed by atoms with E-state index in [4.69, 9.17) is 0 Å². The van der Waals surface area contributed by atoms with Crippen LogP contribution in [-0.2, 0) is 6.54 Å². The molecule has 0 bridgehead atoms. The molecule has 4 rings (SSSR count). The lowest BCUT2D eigenvalue weighted by Gasteiger charge is -2.17. The minimum atomic E-state index is 0.873. The van der Waals surface area contributed by atoms with E-state index in [0.29, 0.717) is 0 Å². The van der Waals surface area contributed by atoms with Gasteiger partial charge in [-0.1, -0.05) is 12.1 Å². The Bertz CT molecular complexity index is 549. The molecule has 2 aliphatic heterocycles. The zero-order valence-corrected chi connectivity index (χ0v) is 11.6. The van der Waals surface area contributed by atoms with Crippen molar-refractivity contribution in [3.05, 3.63) is 48.3 Å². The van der Waals surface area contributed by atoms with E-state index in [0.717, 1.165) is 24.1 Å². The molecule has 2 saturated heterocycles. The van der Waals surface area contributed by atoms with Gasteiger partial charge < -0.3 is 5.32 Å². The molecule has 0 saturated carbocycles. The first-order valence-electron chi connectivity index (χ1n) is 7.40. The molecular formula is C16H20N4. The van der Waals surface area contributed by atoms with Crippen LogP contribution >= 0.6 is 0 Å². The van der Waals surface area contributed by atoms with Crippen molar-refractivity contribution in [2.24, 2.45) is 11.8 Å². The fraction of sp³-hybridized carbons (Fsp3) is 0.438. The highest BCUT2D eigenvalue weighted by Crippen LogP contribution is 2.27. The van der Waals surface area contributed by atoms with Gasteiger partial charge >= 0.3 is 0 Å². The van der Waals surface area contributed by atoms with E-state index in [1.807, 2.05) is 23.1 Å². The van der Waals surface area contributed by atoms with Crippen molar-refractivity contribution in [2.45, 2.75) is 6.54 Å². The van der Waals surface area contributed by atoms with Crippen LogP contribution in [0.5, 0.6) is 0 Å². The molecule has 0 radical (unpaired) electrons. The maximum atomic E-state index is 4.26. The third-order valence-corrected chi connectivity index (χ3v) is 4.58. The highest BCUT2D eigenvalue weighted by Gasteiger charge is 2.35. The molecule has 1 N–H and O–H groups in total. The van der Waals surface area contributed by atoms with Crippen LogP contribution < -0.4 is 5.32 Å². The fourth-order valence-electron chi connectivity index (χ4n) is 3.52. The predicted octanol–water partition coefficient (Wildman–Crippen LogP) is 1.52. The highest BCUT2D eigenvalue weighted by molar-refractivity contribution is 5.33. The quantitative estimate of drug-likeness (QED) is 0.916. The molecule has 0 spiro atoms. The highest BCUT2D eigenvalue weighted by atomic mass is 15.3. The Morgan fingerprint density at radius 1 is 1.10 bits per heavy atom. The SMILES string of the molecule is c1cnn(-c2ccc(CN3CC4CNCC4C3)cc2)c1. The molecule has 0 aliphatic carbocycles. The van der Waals surface area contributed by atoms with Gasteiger partial charge in [0.25, 0.3) is 0 Å². The van der Waals surface area contributed by atoms with Gasteiger partial charge in [-0.3, -0.25) is 4.90 Å². The summed E-state index contributed by atoms with van der Waals surface area (Å²) >= 11 is 0. The molecule has 2 atom stereocenters. The van der Waals surface area contributed by atoms with E-state index in [1.54, 1.807) is 0 Å². The predicted molar refractivity (Wildman–Crippen MR) is 78.7 cm³/mol. The maximum Gasteiger partial charge on any atom is 0.0645 e. The second kappa shape index (κ2) is 5.04. The van der Waals surface area contributed by atoms with Crippen molar-refractivity contribution in [1.82, 2.24) is 20.0 Å². The average molecular weight is 268 g/mol. The van der Waals surface area contributed by atoms with E-state index in [2.05, 4.69) is 39.6 Å². The van der Waals surface area contributed by atoms with Crippen LogP contribution in [0, 0.1) is 11.8 Å². The van der Waals surface area contributed by atoms with Crippen LogP contribution in [-0.4, -0.2) is 40.9 Å². The summed E-state index contributed by atoms with van der Waals surface area (Å²) in [7, 11) is 0. The monoisotopic (exact) mass is 268 g/mol. The molecule has 2 unspecified atom stereocenters. The second-order valence-corrected chi connectivity index (χ2v) is 5.99. The standard InChI is InChI=1S/C16H20N4/c1-6-18-20(7-1)16-4-2-13(3-5-16)10-19-11-14-8-17-9-15(14)12-19/h1-7,14-15,17H,8-12H2. The Morgan fingerprint density at radius 3 is 2.50 bits per heavy atom. The van der Waals surface area contributed by atoms with Crippen molar-refractivity contribution in [1.29, 1.82) is 0 Å². The fourth-order valence-corrected chi connectivity index (χ4v) is 3.52. The average Bonchev–Trinajstić information content (AvgIpc) is 3.15. The van der Waals surface area contributed by atoms with E-state index in [1.165, 1.54) is 31.7 Å². The van der Waals surface area contributed by atoms with Gasteiger partial charge in [-0.2, -0.15) is 5.10 Å². The second-order valence-electron chi connectivity index (χ2n) is 5.99. The molecule has 3 heterocycles. The molecule has 4 heteroatoms. The van der Waals surface area contributed by atoms with Gasteiger partial charge in [-0.05, 0) is 48.7 Å². The lowest BCUT2D eigenvalue weighted by molar-refractivity contribution is 0.305. The first-order chi connectivity index (χ1) is 9.88. The third-order valence-electron chi connectivity index (χ3n) is 4.58. The lowest BCUT2D eigenvalue weighted by Crippen LogP contribution is -2.25. The van der Waals surface area contributed by atoms with Crippen LogP contribution in [0.2, 0.25) is 0 Å². The summed E-state index contributed by atoms with van der Waals surface area (Å²) in [6.07, 6.45) is 3.79. The zero-order chi connectivity index (χ0) is 13.4. The van der Waals surface area contributed by atoms with Crippen LogP contribution in [0.3, 0.4) is 0 Å². The van der Waals surface area contributed by atoms with E-state index in [-0.39, 0.29) is 0 Å². The number of nitrogens with one attached hydrogen (secondary N) is 1. The number of rotatable bonds is 3. The number of aromatic nitrogens is 2. The molecular weight excluding hydrogens is 248 g/mol. The number of benzene rings is 1. The minimum Gasteiger partial charge on any atom is -0.316 e. The normalized spacial score (nSPS) is 26.0. The van der Waals surface area contributed by atoms with Gasteiger partial charge in [-0.25, -0.2) is 4.68 Å². The van der Waals surface area contributed by atoms with Crippen molar-refractivity contribution in [3.63, 3.8) is 0 Å². The Hall–Kier alpha value is -1.65. The van der Waals surface area contributed by atoms with E-state index < -0.39 is 0 Å². The van der Waals surface area contributed by atoms with E-state index >= 15 is 0 Å². The Balaban J connectivity index is 1.42. The smallest absolute Gasteiger partial charge is 0.0645 e. The summed E-state index contributed by atoms with van der Waals surface area (Å²) < 4.78 is 1.90. The summed E-state index contributed by atoms with van der Waals surface area (Å²) in [6, 6.07) is 10.7. The number of hydrogen-bond acceptors (Lipinski definition) is 3. The molecule has 0 amide bonds. The van der Waals surface area contributed by atoms with Gasteiger partial charge in [-0.15, -0.1) is 0 Å². The molecule has 2 aliphatic rings. The van der Waals surface area contributed by atoms with E-state index in [9.17, 15) is 0 Å². The summed E-state index contributed by atoms with van der Waals surface area (Å²) in [6.45, 7) is 5.99. The van der Waals surface area contributed by atoms with Crippen LogP contribution in [0.4, 0.5) is 0 Å². The van der Waals surface area contributed by atoms with Gasteiger partial charge in [0.1, 0.15) is 0 Å². The zero-order valence-electron chi connectivity index (χ0n) is 11.6. The van der Waals surface area contributed by atoms with Gasteiger partial charge in [0.15, 0.2) is 0 Å². The topological polar surface area (TPSA) is 33.1 Å². The van der Waals surface area contributed by atoms with Crippen molar-refractivity contribution >= 4 is 0 Å².